The highest BCUT2D eigenvalue weighted by molar-refractivity contribution is 7.14. The van der Waals surface area contributed by atoms with Gasteiger partial charge in [-0.25, -0.2) is 4.98 Å². The van der Waals surface area contributed by atoms with Crippen molar-refractivity contribution in [2.75, 3.05) is 12.4 Å². The zero-order valence-corrected chi connectivity index (χ0v) is 17.3. The van der Waals surface area contributed by atoms with Crippen molar-refractivity contribution in [1.29, 1.82) is 5.26 Å². The number of hydrogen-bond acceptors (Lipinski definition) is 5. The lowest BCUT2D eigenvalue weighted by Gasteiger charge is -2.05. The number of amides is 1. The Hall–Kier alpha value is -3.43. The van der Waals surface area contributed by atoms with Crippen molar-refractivity contribution in [1.82, 2.24) is 4.98 Å². The highest BCUT2D eigenvalue weighted by Gasteiger charge is 2.13. The number of rotatable bonds is 6. The van der Waals surface area contributed by atoms with Gasteiger partial charge in [0.15, 0.2) is 5.13 Å². The molecule has 5 nitrogen and oxygen atoms in total. The van der Waals surface area contributed by atoms with Gasteiger partial charge in [-0.2, -0.15) is 5.26 Å². The molecule has 0 aliphatic carbocycles. The van der Waals surface area contributed by atoms with Crippen molar-refractivity contribution >= 4 is 28.5 Å². The van der Waals surface area contributed by atoms with E-state index in [1.54, 1.807) is 13.2 Å². The Kier molecular flexibility index (Phi) is 6.43. The molecule has 3 rings (SSSR count). The van der Waals surface area contributed by atoms with Gasteiger partial charge in [-0.1, -0.05) is 50.2 Å². The van der Waals surface area contributed by atoms with E-state index in [0.29, 0.717) is 11.0 Å². The number of ether oxygens (including phenoxy) is 1. The van der Waals surface area contributed by atoms with E-state index in [2.05, 4.69) is 24.1 Å². The van der Waals surface area contributed by atoms with Gasteiger partial charge in [-0.3, -0.25) is 10.1 Å². The van der Waals surface area contributed by atoms with Crippen molar-refractivity contribution in [3.63, 3.8) is 0 Å². The smallest absolute Gasteiger partial charge is 0.268 e. The van der Waals surface area contributed by atoms with E-state index >= 15 is 0 Å². The second-order valence-corrected chi connectivity index (χ2v) is 7.57. The van der Waals surface area contributed by atoms with Crippen molar-refractivity contribution < 1.29 is 9.53 Å². The molecule has 1 amide bonds. The van der Waals surface area contributed by atoms with Crippen LogP contribution in [0.15, 0.2) is 59.5 Å². The molecule has 146 valence electrons. The maximum absolute atomic E-state index is 12.5. The molecule has 0 radical (unpaired) electrons. The summed E-state index contributed by atoms with van der Waals surface area (Å²) in [6, 6.07) is 17.3. The van der Waals surface area contributed by atoms with Crippen LogP contribution < -0.4 is 10.1 Å². The molecule has 0 aliphatic rings. The fourth-order valence-corrected chi connectivity index (χ4v) is 3.42. The topological polar surface area (TPSA) is 75.0 Å². The average molecular weight is 404 g/mol. The standard InChI is InChI=1S/C23H21N3O2S/c1-15(2)17-9-7-16(8-10-17)11-19(13-24)22(27)26-23-25-21(14-29-23)18-5-4-6-20(12-18)28-3/h4-12,14-15H,1-3H3,(H,25,26,27)/b19-11+. The van der Waals surface area contributed by atoms with E-state index in [1.807, 2.05) is 60.0 Å². The number of carbonyl (C=O) groups is 1. The van der Waals surface area contributed by atoms with Gasteiger partial charge in [0, 0.05) is 10.9 Å². The molecule has 0 unspecified atom stereocenters. The van der Waals surface area contributed by atoms with Crippen LogP contribution in [0.2, 0.25) is 0 Å². The molecular formula is C23H21N3O2S. The highest BCUT2D eigenvalue weighted by atomic mass is 32.1. The van der Waals surface area contributed by atoms with Crippen molar-refractivity contribution in [2.45, 2.75) is 19.8 Å². The maximum Gasteiger partial charge on any atom is 0.268 e. The maximum atomic E-state index is 12.5. The molecule has 0 atom stereocenters. The van der Waals surface area contributed by atoms with E-state index < -0.39 is 5.91 Å². The summed E-state index contributed by atoms with van der Waals surface area (Å²) in [5.41, 5.74) is 3.66. The molecule has 0 aliphatic heterocycles. The molecule has 1 heterocycles. The first-order valence-corrected chi connectivity index (χ1v) is 10.0. The fraction of sp³-hybridized carbons (Fsp3) is 0.174. The van der Waals surface area contributed by atoms with E-state index in [0.717, 1.165) is 22.6 Å². The minimum Gasteiger partial charge on any atom is -0.497 e. The van der Waals surface area contributed by atoms with Crippen LogP contribution in [0.3, 0.4) is 0 Å². The zero-order chi connectivity index (χ0) is 20.8. The summed E-state index contributed by atoms with van der Waals surface area (Å²) >= 11 is 1.31. The third kappa shape index (κ3) is 5.09. The normalized spacial score (nSPS) is 11.2. The van der Waals surface area contributed by atoms with Gasteiger partial charge in [0.2, 0.25) is 0 Å². The van der Waals surface area contributed by atoms with Crippen LogP contribution in [0.25, 0.3) is 17.3 Å². The van der Waals surface area contributed by atoms with Gasteiger partial charge in [0.25, 0.3) is 5.91 Å². The molecule has 6 heteroatoms. The zero-order valence-electron chi connectivity index (χ0n) is 16.5. The highest BCUT2D eigenvalue weighted by Crippen LogP contribution is 2.27. The number of thiazole rings is 1. The van der Waals surface area contributed by atoms with Crippen LogP contribution in [-0.2, 0) is 4.79 Å². The molecule has 0 bridgehead atoms. The Bertz CT molecular complexity index is 1080. The number of anilines is 1. The number of methoxy groups -OCH3 is 1. The van der Waals surface area contributed by atoms with Crippen LogP contribution >= 0.6 is 11.3 Å². The number of aromatic nitrogens is 1. The van der Waals surface area contributed by atoms with Crippen LogP contribution in [-0.4, -0.2) is 18.0 Å². The minimum absolute atomic E-state index is 0.0282. The van der Waals surface area contributed by atoms with Gasteiger partial charge in [-0.05, 0) is 35.3 Å². The van der Waals surface area contributed by atoms with E-state index in [4.69, 9.17) is 4.74 Å². The molecule has 0 saturated heterocycles. The lowest BCUT2D eigenvalue weighted by atomic mass is 10.0. The lowest BCUT2D eigenvalue weighted by Crippen LogP contribution is -2.13. The summed E-state index contributed by atoms with van der Waals surface area (Å²) in [5.74, 6) is 0.682. The summed E-state index contributed by atoms with van der Waals surface area (Å²) < 4.78 is 5.23. The second kappa shape index (κ2) is 9.18. The fourth-order valence-electron chi connectivity index (χ4n) is 2.70. The average Bonchev–Trinajstić information content (AvgIpc) is 3.20. The number of hydrogen-bond donors (Lipinski definition) is 1. The number of carbonyl (C=O) groups excluding carboxylic acids is 1. The first-order chi connectivity index (χ1) is 14.0. The molecular weight excluding hydrogens is 382 g/mol. The van der Waals surface area contributed by atoms with E-state index in [-0.39, 0.29) is 5.57 Å². The van der Waals surface area contributed by atoms with Crippen LogP contribution in [0.4, 0.5) is 5.13 Å². The largest absolute Gasteiger partial charge is 0.497 e. The predicted octanol–water partition coefficient (Wildman–Crippen LogP) is 5.49. The molecule has 0 fully saturated rings. The summed E-state index contributed by atoms with van der Waals surface area (Å²) in [5, 5.41) is 14.4. The van der Waals surface area contributed by atoms with E-state index in [1.165, 1.54) is 16.9 Å². The molecule has 29 heavy (non-hydrogen) atoms. The van der Waals surface area contributed by atoms with Gasteiger partial charge in [0.05, 0.1) is 12.8 Å². The molecule has 0 saturated carbocycles. The SMILES string of the molecule is COc1cccc(-c2csc(NC(=O)/C(C#N)=C/c3ccc(C(C)C)cc3)n2)c1. The van der Waals surface area contributed by atoms with E-state index in [9.17, 15) is 10.1 Å². The second-order valence-electron chi connectivity index (χ2n) is 6.72. The molecule has 1 aromatic heterocycles. The Morgan fingerprint density at radius 3 is 2.66 bits per heavy atom. The monoisotopic (exact) mass is 403 g/mol. The van der Waals surface area contributed by atoms with Gasteiger partial charge >= 0.3 is 0 Å². The quantitative estimate of drug-likeness (QED) is 0.436. The van der Waals surface area contributed by atoms with Crippen molar-refractivity contribution in [2.24, 2.45) is 0 Å². The first kappa shape index (κ1) is 20.3. The predicted molar refractivity (Wildman–Crippen MR) is 117 cm³/mol. The lowest BCUT2D eigenvalue weighted by molar-refractivity contribution is -0.112. The third-order valence-corrected chi connectivity index (χ3v) is 5.13. The van der Waals surface area contributed by atoms with Crippen molar-refractivity contribution in [3.05, 3.63) is 70.6 Å². The summed E-state index contributed by atoms with van der Waals surface area (Å²) in [7, 11) is 1.61. The third-order valence-electron chi connectivity index (χ3n) is 4.37. The summed E-state index contributed by atoms with van der Waals surface area (Å²) in [4.78, 5) is 17.0. The van der Waals surface area contributed by atoms with Gasteiger partial charge in [-0.15, -0.1) is 11.3 Å². The Morgan fingerprint density at radius 1 is 1.24 bits per heavy atom. The van der Waals surface area contributed by atoms with Crippen molar-refractivity contribution in [3.8, 4) is 23.1 Å². The Labute approximate surface area is 174 Å². The molecule has 2 aromatic carbocycles. The molecule has 1 N–H and O–H groups in total. The van der Waals surface area contributed by atoms with Crippen LogP contribution in [0.1, 0.15) is 30.9 Å². The first-order valence-electron chi connectivity index (χ1n) is 9.13. The number of nitrogens with zero attached hydrogens (tertiary/aromatic N) is 2. The van der Waals surface area contributed by atoms with Crippen LogP contribution in [0.5, 0.6) is 5.75 Å². The number of nitrogens with one attached hydrogen (secondary N) is 1. The molecule has 3 aromatic rings. The Morgan fingerprint density at radius 2 is 2.00 bits per heavy atom. The number of benzene rings is 2. The minimum atomic E-state index is -0.480. The van der Waals surface area contributed by atoms with Gasteiger partial charge in [0.1, 0.15) is 17.4 Å². The van der Waals surface area contributed by atoms with Gasteiger partial charge < -0.3 is 4.74 Å². The Balaban J connectivity index is 1.74. The summed E-state index contributed by atoms with van der Waals surface area (Å²) in [6.07, 6.45) is 1.58. The number of nitriles is 1. The van der Waals surface area contributed by atoms with Crippen LogP contribution in [0, 0.1) is 11.3 Å². The molecule has 0 spiro atoms. The summed E-state index contributed by atoms with van der Waals surface area (Å²) in [6.45, 7) is 4.24.